The van der Waals surface area contributed by atoms with Gasteiger partial charge in [0, 0.05) is 6.20 Å². The number of aryl methyl sites for hydroxylation is 2. The van der Waals surface area contributed by atoms with Crippen LogP contribution in [0, 0.1) is 13.8 Å². The first-order chi connectivity index (χ1) is 7.58. The van der Waals surface area contributed by atoms with Crippen LogP contribution in [0.5, 0.6) is 0 Å². The van der Waals surface area contributed by atoms with Gasteiger partial charge in [-0.25, -0.2) is 4.79 Å². The average Bonchev–Trinajstić information content (AvgIpc) is 2.26. The minimum atomic E-state index is -0.322. The highest BCUT2D eigenvalue weighted by Gasteiger charge is 2.02. The molecule has 0 radical (unpaired) electrons. The van der Waals surface area contributed by atoms with E-state index in [0.29, 0.717) is 5.69 Å². The van der Waals surface area contributed by atoms with Crippen LogP contribution in [0.1, 0.15) is 11.1 Å². The molecule has 0 bridgehead atoms. The van der Waals surface area contributed by atoms with Crippen LogP contribution in [0.4, 0.5) is 5.69 Å². The summed E-state index contributed by atoms with van der Waals surface area (Å²) in [6.07, 6.45) is 2.94. The lowest BCUT2D eigenvalue weighted by Crippen LogP contribution is -2.21. The van der Waals surface area contributed by atoms with Crippen molar-refractivity contribution in [3.63, 3.8) is 0 Å². The minimum Gasteiger partial charge on any atom is -0.396 e. The van der Waals surface area contributed by atoms with Crippen LogP contribution in [0.15, 0.2) is 35.4 Å². The van der Waals surface area contributed by atoms with Gasteiger partial charge in [-0.05, 0) is 37.1 Å². The summed E-state index contributed by atoms with van der Waals surface area (Å²) in [5.74, 6) is 0. The Balaban J connectivity index is 2.63. The van der Waals surface area contributed by atoms with Crippen molar-refractivity contribution in [3.05, 3.63) is 52.2 Å². The summed E-state index contributed by atoms with van der Waals surface area (Å²) in [6, 6.07) is 5.79. The summed E-state index contributed by atoms with van der Waals surface area (Å²) in [4.78, 5) is 15.3. The Labute approximate surface area is 93.4 Å². The maximum Gasteiger partial charge on any atom is 0.352 e. The molecule has 2 N–H and O–H groups in total. The van der Waals surface area contributed by atoms with Crippen LogP contribution >= 0.6 is 0 Å². The van der Waals surface area contributed by atoms with Gasteiger partial charge in [0.05, 0.1) is 17.6 Å². The monoisotopic (exact) mass is 215 g/mol. The molecule has 1 heterocycles. The second kappa shape index (κ2) is 3.81. The first-order valence-electron chi connectivity index (χ1n) is 5.00. The Morgan fingerprint density at radius 2 is 2.00 bits per heavy atom. The van der Waals surface area contributed by atoms with Crippen LogP contribution in [-0.2, 0) is 0 Å². The maximum atomic E-state index is 11.6. The SMILES string of the molecule is Cc1ccc(-n2cc(N)cnc2=O)cc1C. The summed E-state index contributed by atoms with van der Waals surface area (Å²) in [5.41, 5.74) is 8.86. The minimum absolute atomic E-state index is 0.322. The van der Waals surface area contributed by atoms with Gasteiger partial charge in [-0.1, -0.05) is 6.07 Å². The van der Waals surface area contributed by atoms with Gasteiger partial charge in [0.1, 0.15) is 0 Å². The molecule has 16 heavy (non-hydrogen) atoms. The standard InChI is InChI=1S/C12H13N3O/c1-8-3-4-11(5-9(8)2)15-7-10(13)6-14-12(15)16/h3-7H,13H2,1-2H3. The van der Waals surface area contributed by atoms with E-state index in [1.165, 1.54) is 16.3 Å². The summed E-state index contributed by atoms with van der Waals surface area (Å²) in [7, 11) is 0. The quantitative estimate of drug-likeness (QED) is 0.782. The van der Waals surface area contributed by atoms with Gasteiger partial charge >= 0.3 is 5.69 Å². The molecule has 0 saturated carbocycles. The molecule has 0 fully saturated rings. The molecule has 0 spiro atoms. The van der Waals surface area contributed by atoms with Crippen LogP contribution in [0.2, 0.25) is 0 Å². The molecule has 0 atom stereocenters. The Hall–Kier alpha value is -2.10. The van der Waals surface area contributed by atoms with Crippen molar-refractivity contribution < 1.29 is 0 Å². The molecule has 0 saturated heterocycles. The van der Waals surface area contributed by atoms with E-state index in [1.807, 2.05) is 32.0 Å². The van der Waals surface area contributed by atoms with Crippen LogP contribution in [0.25, 0.3) is 5.69 Å². The molecule has 0 amide bonds. The Morgan fingerprint density at radius 1 is 1.25 bits per heavy atom. The molecule has 1 aromatic heterocycles. The highest BCUT2D eigenvalue weighted by molar-refractivity contribution is 5.42. The summed E-state index contributed by atoms with van der Waals surface area (Å²) in [6.45, 7) is 4.03. The molecule has 4 heteroatoms. The molecule has 0 aliphatic rings. The predicted octanol–water partition coefficient (Wildman–Crippen LogP) is 1.43. The van der Waals surface area contributed by atoms with E-state index < -0.39 is 0 Å². The third-order valence-corrected chi connectivity index (χ3v) is 2.58. The first kappa shape index (κ1) is 10.4. The van der Waals surface area contributed by atoms with E-state index in [-0.39, 0.29) is 5.69 Å². The van der Waals surface area contributed by atoms with E-state index in [1.54, 1.807) is 6.20 Å². The topological polar surface area (TPSA) is 60.9 Å². The molecule has 4 nitrogen and oxygen atoms in total. The van der Waals surface area contributed by atoms with Gasteiger partial charge in [0.2, 0.25) is 0 Å². The Morgan fingerprint density at radius 3 is 2.69 bits per heavy atom. The van der Waals surface area contributed by atoms with Crippen molar-refractivity contribution in [2.75, 3.05) is 5.73 Å². The number of nitrogens with zero attached hydrogens (tertiary/aromatic N) is 2. The number of nitrogens with two attached hydrogens (primary N) is 1. The van der Waals surface area contributed by atoms with E-state index in [2.05, 4.69) is 4.98 Å². The summed E-state index contributed by atoms with van der Waals surface area (Å²) < 4.78 is 1.45. The van der Waals surface area contributed by atoms with E-state index in [4.69, 9.17) is 5.73 Å². The molecule has 2 aromatic rings. The predicted molar refractivity (Wildman–Crippen MR) is 63.7 cm³/mol. The zero-order chi connectivity index (χ0) is 11.7. The average molecular weight is 215 g/mol. The summed E-state index contributed by atoms with van der Waals surface area (Å²) >= 11 is 0. The first-order valence-corrected chi connectivity index (χ1v) is 5.00. The number of aromatic nitrogens is 2. The number of hydrogen-bond donors (Lipinski definition) is 1. The highest BCUT2D eigenvalue weighted by atomic mass is 16.1. The number of nitrogen functional groups attached to an aromatic ring is 1. The maximum absolute atomic E-state index is 11.6. The van der Waals surface area contributed by atoms with Crippen LogP contribution < -0.4 is 11.4 Å². The van der Waals surface area contributed by atoms with Crippen molar-refractivity contribution in [3.8, 4) is 5.69 Å². The van der Waals surface area contributed by atoms with Gasteiger partial charge in [0.25, 0.3) is 0 Å². The molecule has 0 aliphatic carbocycles. The van der Waals surface area contributed by atoms with Crippen molar-refractivity contribution >= 4 is 5.69 Å². The lowest BCUT2D eigenvalue weighted by Gasteiger charge is -2.07. The molecule has 0 unspecified atom stereocenters. The van der Waals surface area contributed by atoms with Crippen LogP contribution in [0.3, 0.4) is 0 Å². The van der Waals surface area contributed by atoms with E-state index in [0.717, 1.165) is 11.3 Å². The lowest BCUT2D eigenvalue weighted by atomic mass is 10.1. The van der Waals surface area contributed by atoms with E-state index in [9.17, 15) is 4.79 Å². The number of rotatable bonds is 1. The number of hydrogen-bond acceptors (Lipinski definition) is 3. The number of anilines is 1. The fourth-order valence-electron chi connectivity index (χ4n) is 1.49. The van der Waals surface area contributed by atoms with Gasteiger partial charge in [-0.15, -0.1) is 0 Å². The van der Waals surface area contributed by atoms with Gasteiger partial charge < -0.3 is 5.73 Å². The fourth-order valence-corrected chi connectivity index (χ4v) is 1.49. The van der Waals surface area contributed by atoms with Crippen molar-refractivity contribution in [1.82, 2.24) is 9.55 Å². The second-order valence-electron chi connectivity index (χ2n) is 3.81. The molecular formula is C12H13N3O. The van der Waals surface area contributed by atoms with Gasteiger partial charge in [0.15, 0.2) is 0 Å². The molecule has 0 aliphatic heterocycles. The van der Waals surface area contributed by atoms with Crippen molar-refractivity contribution in [1.29, 1.82) is 0 Å². The van der Waals surface area contributed by atoms with E-state index >= 15 is 0 Å². The third-order valence-electron chi connectivity index (χ3n) is 2.58. The summed E-state index contributed by atoms with van der Waals surface area (Å²) in [5, 5.41) is 0. The fraction of sp³-hybridized carbons (Fsp3) is 0.167. The molecule has 2 rings (SSSR count). The zero-order valence-corrected chi connectivity index (χ0v) is 9.27. The Kier molecular flexibility index (Phi) is 2.48. The third kappa shape index (κ3) is 1.82. The zero-order valence-electron chi connectivity index (χ0n) is 9.27. The lowest BCUT2D eigenvalue weighted by molar-refractivity contribution is 0.915. The molecule has 82 valence electrons. The molecule has 1 aromatic carbocycles. The number of benzene rings is 1. The highest BCUT2D eigenvalue weighted by Crippen LogP contribution is 2.12. The second-order valence-corrected chi connectivity index (χ2v) is 3.81. The van der Waals surface area contributed by atoms with Gasteiger partial charge in [-0.2, -0.15) is 4.98 Å². The normalized spacial score (nSPS) is 10.4. The molecular weight excluding hydrogens is 202 g/mol. The smallest absolute Gasteiger partial charge is 0.352 e. The Bertz CT molecular complexity index is 587. The van der Waals surface area contributed by atoms with Gasteiger partial charge in [-0.3, -0.25) is 4.57 Å². The van der Waals surface area contributed by atoms with Crippen molar-refractivity contribution in [2.45, 2.75) is 13.8 Å². The van der Waals surface area contributed by atoms with Crippen molar-refractivity contribution in [2.24, 2.45) is 0 Å². The van der Waals surface area contributed by atoms with Crippen LogP contribution in [-0.4, -0.2) is 9.55 Å². The largest absolute Gasteiger partial charge is 0.396 e.